The Morgan fingerprint density at radius 1 is 1.00 bits per heavy atom. The molecule has 1 N–H and O–H groups in total. The molecule has 0 spiro atoms. The molecule has 0 bridgehead atoms. The number of benzene rings is 2. The highest BCUT2D eigenvalue weighted by atomic mass is 19.4. The summed E-state index contributed by atoms with van der Waals surface area (Å²) in [7, 11) is 1.78. The highest BCUT2D eigenvalue weighted by Gasteiger charge is 2.30. The first kappa shape index (κ1) is 16.7. The lowest BCUT2D eigenvalue weighted by Gasteiger charge is -2.17. The number of nitrogens with one attached hydrogen (secondary N) is 1. The molecule has 0 saturated heterocycles. The molecule has 128 valence electrons. The number of alkyl halides is 3. The van der Waals surface area contributed by atoms with Crippen LogP contribution in [0.2, 0.25) is 0 Å². The van der Waals surface area contributed by atoms with Gasteiger partial charge < -0.3 is 10.2 Å². The van der Waals surface area contributed by atoms with Crippen LogP contribution >= 0.6 is 0 Å². The highest BCUT2D eigenvalue weighted by Crippen LogP contribution is 2.31. The second kappa shape index (κ2) is 6.76. The van der Waals surface area contributed by atoms with Crippen molar-refractivity contribution < 1.29 is 13.2 Å². The molecule has 0 aliphatic heterocycles. The van der Waals surface area contributed by atoms with E-state index in [9.17, 15) is 13.2 Å². The molecule has 1 heterocycles. The summed E-state index contributed by atoms with van der Waals surface area (Å²) in [5.41, 5.74) is 0.394. The minimum absolute atomic E-state index is 0.267. The number of para-hydroxylation sites is 1. The Balaban J connectivity index is 1.83. The minimum Gasteiger partial charge on any atom is -0.339 e. The molecule has 0 amide bonds. The summed E-state index contributed by atoms with van der Waals surface area (Å²) < 4.78 is 38.4. The number of anilines is 4. The third kappa shape index (κ3) is 4.03. The van der Waals surface area contributed by atoms with Gasteiger partial charge in [0.05, 0.1) is 11.8 Å². The molecule has 0 fully saturated rings. The van der Waals surface area contributed by atoms with Gasteiger partial charge in [-0.15, -0.1) is 5.10 Å². The molecule has 0 unspecified atom stereocenters. The molecule has 0 aliphatic carbocycles. The second-order valence-electron chi connectivity index (χ2n) is 5.24. The van der Waals surface area contributed by atoms with Gasteiger partial charge in [0.15, 0.2) is 5.82 Å². The summed E-state index contributed by atoms with van der Waals surface area (Å²) in [5.74, 6) is 0.621. The van der Waals surface area contributed by atoms with E-state index in [1.165, 1.54) is 18.3 Å². The summed E-state index contributed by atoms with van der Waals surface area (Å²) in [4.78, 5) is 6.02. The lowest BCUT2D eigenvalue weighted by atomic mass is 10.2. The van der Waals surface area contributed by atoms with Gasteiger partial charge in [0.25, 0.3) is 5.95 Å². The van der Waals surface area contributed by atoms with Crippen LogP contribution in [0.25, 0.3) is 0 Å². The summed E-state index contributed by atoms with van der Waals surface area (Å²) in [6.07, 6.45) is -3.05. The molecule has 0 aliphatic rings. The largest absolute Gasteiger partial charge is 0.416 e. The quantitative estimate of drug-likeness (QED) is 0.759. The monoisotopic (exact) mass is 345 g/mol. The van der Waals surface area contributed by atoms with E-state index >= 15 is 0 Å². The Hall–Kier alpha value is -3.16. The van der Waals surface area contributed by atoms with Crippen LogP contribution in [0.5, 0.6) is 0 Å². The molecule has 3 rings (SSSR count). The molecule has 0 radical (unpaired) electrons. The molecule has 0 atom stereocenters. The lowest BCUT2D eigenvalue weighted by molar-refractivity contribution is -0.137. The van der Waals surface area contributed by atoms with E-state index in [0.29, 0.717) is 11.8 Å². The van der Waals surface area contributed by atoms with Crippen molar-refractivity contribution in [2.24, 2.45) is 0 Å². The van der Waals surface area contributed by atoms with Crippen molar-refractivity contribution in [2.75, 3.05) is 17.3 Å². The SMILES string of the molecule is CN(c1ccccc1)c1nncc(Nc2cccc(C(F)(F)F)c2)n1. The minimum atomic E-state index is -4.40. The Kier molecular flexibility index (Phi) is 4.51. The zero-order chi connectivity index (χ0) is 17.9. The fourth-order valence-electron chi connectivity index (χ4n) is 2.18. The molecule has 0 saturated carbocycles. The van der Waals surface area contributed by atoms with Crippen LogP contribution in [0.4, 0.5) is 36.3 Å². The van der Waals surface area contributed by atoms with Gasteiger partial charge in [-0.25, -0.2) is 0 Å². The first-order valence-corrected chi connectivity index (χ1v) is 7.36. The maximum atomic E-state index is 12.8. The number of hydrogen-bond acceptors (Lipinski definition) is 5. The average Bonchev–Trinajstić information content (AvgIpc) is 2.61. The summed E-state index contributed by atoms with van der Waals surface area (Å²) in [6, 6.07) is 14.3. The zero-order valence-corrected chi connectivity index (χ0v) is 13.2. The first-order chi connectivity index (χ1) is 11.9. The fourth-order valence-corrected chi connectivity index (χ4v) is 2.18. The molecule has 2 aromatic carbocycles. The van der Waals surface area contributed by atoms with Crippen molar-refractivity contribution in [2.45, 2.75) is 6.18 Å². The molecule has 8 heteroatoms. The second-order valence-corrected chi connectivity index (χ2v) is 5.24. The third-order valence-corrected chi connectivity index (χ3v) is 3.45. The van der Waals surface area contributed by atoms with Gasteiger partial charge in [0.1, 0.15) is 0 Å². The van der Waals surface area contributed by atoms with Crippen LogP contribution < -0.4 is 10.2 Å². The summed E-state index contributed by atoms with van der Waals surface area (Å²) in [6.45, 7) is 0. The maximum Gasteiger partial charge on any atom is 0.416 e. The topological polar surface area (TPSA) is 53.9 Å². The van der Waals surface area contributed by atoms with Gasteiger partial charge in [-0.05, 0) is 30.3 Å². The third-order valence-electron chi connectivity index (χ3n) is 3.45. The number of aromatic nitrogens is 3. The molecule has 3 aromatic rings. The lowest BCUT2D eigenvalue weighted by Crippen LogP contribution is -2.14. The number of rotatable bonds is 4. The van der Waals surface area contributed by atoms with Crippen LogP contribution in [0.1, 0.15) is 5.56 Å². The Bertz CT molecular complexity index is 852. The van der Waals surface area contributed by atoms with Crippen LogP contribution in [-0.4, -0.2) is 22.2 Å². The highest BCUT2D eigenvalue weighted by molar-refractivity contribution is 5.60. The molecule has 25 heavy (non-hydrogen) atoms. The van der Waals surface area contributed by atoms with Gasteiger partial charge in [-0.1, -0.05) is 24.3 Å². The fraction of sp³-hybridized carbons (Fsp3) is 0.118. The Labute approximate surface area is 142 Å². The van der Waals surface area contributed by atoms with Gasteiger partial charge in [-0.3, -0.25) is 0 Å². The average molecular weight is 345 g/mol. The van der Waals surface area contributed by atoms with Gasteiger partial charge in [0, 0.05) is 18.4 Å². The van der Waals surface area contributed by atoms with E-state index < -0.39 is 11.7 Å². The van der Waals surface area contributed by atoms with Crippen molar-refractivity contribution in [1.29, 1.82) is 0 Å². The number of hydrogen-bond donors (Lipinski definition) is 1. The summed E-state index contributed by atoms with van der Waals surface area (Å²) in [5, 5.41) is 10.6. The van der Waals surface area contributed by atoms with Crippen molar-refractivity contribution >= 4 is 23.1 Å². The van der Waals surface area contributed by atoms with Crippen molar-refractivity contribution in [3.63, 3.8) is 0 Å². The molecule has 1 aromatic heterocycles. The number of nitrogens with zero attached hydrogens (tertiary/aromatic N) is 4. The Morgan fingerprint density at radius 2 is 1.76 bits per heavy atom. The van der Waals surface area contributed by atoms with Crippen LogP contribution in [0.15, 0.2) is 60.8 Å². The van der Waals surface area contributed by atoms with Gasteiger partial charge in [-0.2, -0.15) is 23.3 Å². The van der Waals surface area contributed by atoms with E-state index in [0.717, 1.165) is 17.8 Å². The van der Waals surface area contributed by atoms with Crippen molar-refractivity contribution in [3.05, 3.63) is 66.4 Å². The molecular weight excluding hydrogens is 331 g/mol. The van der Waals surface area contributed by atoms with Gasteiger partial charge in [0.2, 0.25) is 0 Å². The summed E-state index contributed by atoms with van der Waals surface area (Å²) >= 11 is 0. The predicted molar refractivity (Wildman–Crippen MR) is 89.1 cm³/mol. The van der Waals surface area contributed by atoms with E-state index in [1.54, 1.807) is 11.9 Å². The standard InChI is InChI=1S/C17H14F3N5/c1-25(14-8-3-2-4-9-14)16-23-15(11-21-24-16)22-13-7-5-6-12(10-13)17(18,19)20/h2-11H,1H3,(H,22,23,24). The van der Waals surface area contributed by atoms with Gasteiger partial charge >= 0.3 is 6.18 Å². The van der Waals surface area contributed by atoms with E-state index in [2.05, 4.69) is 20.5 Å². The van der Waals surface area contributed by atoms with Crippen molar-refractivity contribution in [3.8, 4) is 0 Å². The predicted octanol–water partition coefficient (Wildman–Crippen LogP) is 4.40. The maximum absolute atomic E-state index is 12.8. The van der Waals surface area contributed by atoms with E-state index in [-0.39, 0.29) is 5.69 Å². The van der Waals surface area contributed by atoms with E-state index in [1.807, 2.05) is 30.3 Å². The first-order valence-electron chi connectivity index (χ1n) is 7.36. The smallest absolute Gasteiger partial charge is 0.339 e. The Morgan fingerprint density at radius 3 is 2.48 bits per heavy atom. The van der Waals surface area contributed by atoms with Crippen molar-refractivity contribution in [1.82, 2.24) is 15.2 Å². The zero-order valence-electron chi connectivity index (χ0n) is 13.2. The number of halogens is 3. The van der Waals surface area contributed by atoms with Crippen LogP contribution in [-0.2, 0) is 6.18 Å². The van der Waals surface area contributed by atoms with Crippen LogP contribution in [0.3, 0.4) is 0 Å². The normalized spacial score (nSPS) is 11.2. The van der Waals surface area contributed by atoms with Crippen LogP contribution in [0, 0.1) is 0 Å². The molecular formula is C17H14F3N5. The van der Waals surface area contributed by atoms with E-state index in [4.69, 9.17) is 0 Å². The molecule has 5 nitrogen and oxygen atoms in total.